The van der Waals surface area contributed by atoms with Crippen molar-refractivity contribution in [1.29, 1.82) is 0 Å². The minimum Gasteiger partial charge on any atom is -0.335 e. The third-order valence-electron chi connectivity index (χ3n) is 5.84. The van der Waals surface area contributed by atoms with Gasteiger partial charge < -0.3 is 4.90 Å². The van der Waals surface area contributed by atoms with E-state index in [9.17, 15) is 9.18 Å². The Morgan fingerprint density at radius 3 is 2.55 bits per heavy atom. The molecule has 0 saturated carbocycles. The fourth-order valence-electron chi connectivity index (χ4n) is 4.03. The summed E-state index contributed by atoms with van der Waals surface area (Å²) in [6, 6.07) is 10.1. The van der Waals surface area contributed by atoms with Crippen molar-refractivity contribution in [2.75, 3.05) is 26.2 Å². The molecule has 170 valence electrons. The van der Waals surface area contributed by atoms with E-state index in [2.05, 4.69) is 36.0 Å². The van der Waals surface area contributed by atoms with Crippen molar-refractivity contribution in [3.8, 4) is 11.4 Å². The number of rotatable bonds is 5. The second-order valence-electron chi connectivity index (χ2n) is 8.01. The molecule has 0 aliphatic carbocycles. The molecule has 0 radical (unpaired) electrons. The molecule has 1 fully saturated rings. The Kier molecular flexibility index (Phi) is 5.94. The van der Waals surface area contributed by atoms with E-state index in [-0.39, 0.29) is 11.7 Å². The minimum atomic E-state index is -0.231. The summed E-state index contributed by atoms with van der Waals surface area (Å²) in [6.45, 7) is 6.24. The van der Waals surface area contributed by atoms with Gasteiger partial charge in [0.25, 0.3) is 5.91 Å². The largest absolute Gasteiger partial charge is 0.335 e. The Bertz CT molecular complexity index is 1290. The number of aryl methyl sites for hydroxylation is 1. The fraction of sp³-hybridized carbons (Fsp3) is 0.304. The van der Waals surface area contributed by atoms with Crippen LogP contribution in [0, 0.1) is 5.82 Å². The number of fused-ring (bicyclic) bond motifs is 1. The van der Waals surface area contributed by atoms with Crippen LogP contribution in [0.15, 0.2) is 53.3 Å². The Morgan fingerprint density at radius 2 is 1.85 bits per heavy atom. The average molecular weight is 512 g/mol. The van der Waals surface area contributed by atoms with Gasteiger partial charge >= 0.3 is 0 Å². The Labute approximate surface area is 198 Å². The third-order valence-corrected chi connectivity index (χ3v) is 6.42. The Balaban J connectivity index is 1.31. The number of hydrogen-bond donors (Lipinski definition) is 0. The molecule has 33 heavy (non-hydrogen) atoms. The Hall–Kier alpha value is -3.11. The molecule has 3 aromatic heterocycles. The van der Waals surface area contributed by atoms with E-state index in [1.54, 1.807) is 28.9 Å². The van der Waals surface area contributed by atoms with Gasteiger partial charge in [-0.3, -0.25) is 14.4 Å². The normalized spacial score (nSPS) is 14.8. The molecule has 0 bridgehead atoms. The second-order valence-corrected chi connectivity index (χ2v) is 8.86. The molecule has 8 nitrogen and oxygen atoms in total. The van der Waals surface area contributed by atoms with Crippen molar-refractivity contribution in [3.05, 3.63) is 70.3 Å². The number of piperazine rings is 1. The lowest BCUT2D eigenvalue weighted by Crippen LogP contribution is -2.48. The van der Waals surface area contributed by atoms with Crippen LogP contribution in [0.3, 0.4) is 0 Å². The van der Waals surface area contributed by atoms with Crippen LogP contribution in [0.5, 0.6) is 0 Å². The number of hydrogen-bond acceptors (Lipinski definition) is 5. The van der Waals surface area contributed by atoms with Gasteiger partial charge in [-0.2, -0.15) is 10.2 Å². The molecule has 4 heterocycles. The first-order valence-corrected chi connectivity index (χ1v) is 11.7. The first-order chi connectivity index (χ1) is 16.0. The summed E-state index contributed by atoms with van der Waals surface area (Å²) in [6.07, 6.45) is 3.62. The third kappa shape index (κ3) is 4.40. The topological polar surface area (TPSA) is 71.6 Å². The van der Waals surface area contributed by atoms with E-state index in [0.29, 0.717) is 24.4 Å². The molecule has 1 saturated heterocycles. The standard InChI is InChI=1S/C23H23BrFN7O/c1-2-31-15-18(24)22(28-31)20-7-8-26-21-13-19(27-32(20)21)23(33)30-11-9-29(10-12-30)14-16-3-5-17(25)6-4-16/h3-8,13,15H,2,9-12,14H2,1H3. The lowest BCUT2D eigenvalue weighted by atomic mass is 10.2. The van der Waals surface area contributed by atoms with Gasteiger partial charge in [0.05, 0.1) is 10.2 Å². The van der Waals surface area contributed by atoms with Gasteiger partial charge in [-0.05, 0) is 46.6 Å². The zero-order chi connectivity index (χ0) is 22.9. The SMILES string of the molecule is CCn1cc(Br)c(-c2ccnc3cc(C(=O)N4CCN(Cc5ccc(F)cc5)CC4)nn23)n1. The molecule has 0 unspecified atom stereocenters. The molecular formula is C23H23BrFN7O. The highest BCUT2D eigenvalue weighted by molar-refractivity contribution is 9.10. The van der Waals surface area contributed by atoms with Crippen molar-refractivity contribution in [3.63, 3.8) is 0 Å². The monoisotopic (exact) mass is 511 g/mol. The average Bonchev–Trinajstić information content (AvgIpc) is 3.44. The maximum Gasteiger partial charge on any atom is 0.274 e. The molecule has 1 amide bonds. The minimum absolute atomic E-state index is 0.106. The maximum absolute atomic E-state index is 13.2. The van der Waals surface area contributed by atoms with Crippen LogP contribution < -0.4 is 0 Å². The summed E-state index contributed by atoms with van der Waals surface area (Å²) in [5.74, 6) is -0.337. The molecule has 1 aliphatic rings. The molecule has 1 aliphatic heterocycles. The number of nitrogens with zero attached hydrogens (tertiary/aromatic N) is 7. The van der Waals surface area contributed by atoms with Crippen molar-refractivity contribution in [1.82, 2.24) is 34.2 Å². The lowest BCUT2D eigenvalue weighted by Gasteiger charge is -2.34. The van der Waals surface area contributed by atoms with Gasteiger partial charge in [0.15, 0.2) is 11.3 Å². The van der Waals surface area contributed by atoms with Crippen LogP contribution in [0.2, 0.25) is 0 Å². The van der Waals surface area contributed by atoms with Gasteiger partial charge in [0, 0.05) is 57.7 Å². The molecule has 0 spiro atoms. The van der Waals surface area contributed by atoms with E-state index in [1.807, 2.05) is 28.8 Å². The van der Waals surface area contributed by atoms with Crippen molar-refractivity contribution >= 4 is 27.5 Å². The zero-order valence-corrected chi connectivity index (χ0v) is 19.7. The van der Waals surface area contributed by atoms with Gasteiger partial charge in [-0.25, -0.2) is 13.9 Å². The molecule has 4 aromatic rings. The zero-order valence-electron chi connectivity index (χ0n) is 18.2. The number of benzene rings is 1. The van der Waals surface area contributed by atoms with Gasteiger partial charge in [0.2, 0.25) is 0 Å². The predicted octanol–water partition coefficient (Wildman–Crippen LogP) is 3.47. The second kappa shape index (κ2) is 9.03. The summed E-state index contributed by atoms with van der Waals surface area (Å²) in [5.41, 5.74) is 3.55. The summed E-state index contributed by atoms with van der Waals surface area (Å²) < 4.78 is 17.5. The molecule has 1 aromatic carbocycles. The van der Waals surface area contributed by atoms with Gasteiger partial charge in [-0.1, -0.05) is 12.1 Å². The highest BCUT2D eigenvalue weighted by Gasteiger charge is 2.25. The Morgan fingerprint density at radius 1 is 1.09 bits per heavy atom. The van der Waals surface area contributed by atoms with Crippen molar-refractivity contribution in [2.45, 2.75) is 20.0 Å². The van der Waals surface area contributed by atoms with Crippen LogP contribution in [0.1, 0.15) is 23.0 Å². The number of amides is 1. The summed E-state index contributed by atoms with van der Waals surface area (Å²) in [7, 11) is 0. The van der Waals surface area contributed by atoms with Crippen molar-refractivity contribution < 1.29 is 9.18 Å². The lowest BCUT2D eigenvalue weighted by molar-refractivity contribution is 0.0622. The van der Waals surface area contributed by atoms with E-state index < -0.39 is 0 Å². The molecule has 10 heteroatoms. The smallest absolute Gasteiger partial charge is 0.274 e. The predicted molar refractivity (Wildman–Crippen MR) is 125 cm³/mol. The number of halogens is 2. The first-order valence-electron chi connectivity index (χ1n) is 10.9. The van der Waals surface area contributed by atoms with E-state index in [1.165, 1.54) is 12.1 Å². The summed E-state index contributed by atoms with van der Waals surface area (Å²) in [4.78, 5) is 21.6. The molecule has 5 rings (SSSR count). The van der Waals surface area contributed by atoms with Gasteiger partial charge in [-0.15, -0.1) is 0 Å². The summed E-state index contributed by atoms with van der Waals surface area (Å²) in [5, 5.41) is 9.18. The molecular weight excluding hydrogens is 489 g/mol. The first kappa shape index (κ1) is 21.7. The molecule has 0 N–H and O–H groups in total. The number of carbonyl (C=O) groups is 1. The van der Waals surface area contributed by atoms with Crippen LogP contribution in [-0.2, 0) is 13.1 Å². The highest BCUT2D eigenvalue weighted by atomic mass is 79.9. The van der Waals surface area contributed by atoms with Crippen LogP contribution in [-0.4, -0.2) is 66.3 Å². The number of aromatic nitrogens is 5. The summed E-state index contributed by atoms with van der Waals surface area (Å²) >= 11 is 3.57. The van der Waals surface area contributed by atoms with Crippen LogP contribution in [0.25, 0.3) is 17.0 Å². The van der Waals surface area contributed by atoms with E-state index >= 15 is 0 Å². The van der Waals surface area contributed by atoms with E-state index in [0.717, 1.165) is 47.6 Å². The quantitative estimate of drug-likeness (QED) is 0.410. The highest BCUT2D eigenvalue weighted by Crippen LogP contribution is 2.27. The van der Waals surface area contributed by atoms with Crippen molar-refractivity contribution in [2.24, 2.45) is 0 Å². The number of carbonyl (C=O) groups excluding carboxylic acids is 1. The van der Waals surface area contributed by atoms with E-state index in [4.69, 9.17) is 0 Å². The van der Waals surface area contributed by atoms with Gasteiger partial charge in [0.1, 0.15) is 11.5 Å². The van der Waals surface area contributed by atoms with Crippen LogP contribution >= 0.6 is 15.9 Å². The fourth-order valence-corrected chi connectivity index (χ4v) is 4.55. The van der Waals surface area contributed by atoms with Crippen LogP contribution in [0.4, 0.5) is 4.39 Å². The maximum atomic E-state index is 13.2. The molecule has 0 atom stereocenters.